The highest BCUT2D eigenvalue weighted by Gasteiger charge is 2.31. The first-order chi connectivity index (χ1) is 7.16. The van der Waals surface area contributed by atoms with Gasteiger partial charge in [0.15, 0.2) is 5.37 Å². The molecule has 0 radical (unpaired) electrons. The van der Waals surface area contributed by atoms with Gasteiger partial charge in [-0.2, -0.15) is 0 Å². The number of anilines is 1. The Morgan fingerprint density at radius 3 is 2.67 bits per heavy atom. The number of thioether (sulfide) groups is 1. The Morgan fingerprint density at radius 2 is 2.07 bits per heavy atom. The molecule has 0 aromatic heterocycles. The average Bonchev–Trinajstić information content (AvgIpc) is 2.49. The molecule has 0 spiro atoms. The highest BCUT2D eigenvalue weighted by atomic mass is 35.5. The van der Waals surface area contributed by atoms with Crippen LogP contribution in [0.4, 0.5) is 10.5 Å². The molecule has 6 heteroatoms. The van der Waals surface area contributed by atoms with E-state index in [2.05, 4.69) is 10.6 Å². The molecule has 1 fully saturated rings. The number of benzene rings is 1. The van der Waals surface area contributed by atoms with Gasteiger partial charge in [-0.25, -0.2) is 0 Å². The van der Waals surface area contributed by atoms with Gasteiger partial charge in [0.1, 0.15) is 0 Å². The molecule has 0 saturated carbocycles. The minimum absolute atomic E-state index is 0.343. The van der Waals surface area contributed by atoms with Crippen LogP contribution in [0.25, 0.3) is 0 Å². The molecule has 2 N–H and O–H groups in total. The SMILES string of the molecule is O=C1NC(=O)C(Nc2ccccc2Cl)S1. The fourth-order valence-electron chi connectivity index (χ4n) is 1.17. The van der Waals surface area contributed by atoms with Crippen LogP contribution < -0.4 is 10.6 Å². The summed E-state index contributed by atoms with van der Waals surface area (Å²) in [5.74, 6) is -0.343. The summed E-state index contributed by atoms with van der Waals surface area (Å²) in [7, 11) is 0. The fourth-order valence-corrected chi connectivity index (χ4v) is 2.09. The van der Waals surface area contributed by atoms with Crippen molar-refractivity contribution in [1.82, 2.24) is 5.32 Å². The van der Waals surface area contributed by atoms with Gasteiger partial charge in [-0.15, -0.1) is 0 Å². The second-order valence-electron chi connectivity index (χ2n) is 2.90. The molecule has 1 saturated heterocycles. The molecule has 2 rings (SSSR count). The lowest BCUT2D eigenvalue weighted by Gasteiger charge is -2.10. The van der Waals surface area contributed by atoms with E-state index in [1.807, 2.05) is 0 Å². The first-order valence-corrected chi connectivity index (χ1v) is 5.45. The van der Waals surface area contributed by atoms with Gasteiger partial charge in [-0.3, -0.25) is 14.9 Å². The van der Waals surface area contributed by atoms with E-state index in [4.69, 9.17) is 11.6 Å². The summed E-state index contributed by atoms with van der Waals surface area (Å²) in [4.78, 5) is 22.1. The number of carbonyl (C=O) groups excluding carboxylic acids is 2. The molecule has 1 atom stereocenters. The second kappa shape index (κ2) is 4.12. The van der Waals surface area contributed by atoms with Crippen LogP contribution in [0.2, 0.25) is 5.02 Å². The van der Waals surface area contributed by atoms with Gasteiger partial charge in [-0.1, -0.05) is 23.7 Å². The molecular weight excluding hydrogens is 236 g/mol. The largest absolute Gasteiger partial charge is 0.364 e. The molecule has 78 valence electrons. The molecule has 0 bridgehead atoms. The molecule has 1 heterocycles. The molecule has 2 amide bonds. The third-order valence-electron chi connectivity index (χ3n) is 1.85. The smallest absolute Gasteiger partial charge is 0.288 e. The third-order valence-corrected chi connectivity index (χ3v) is 3.06. The summed E-state index contributed by atoms with van der Waals surface area (Å²) in [6, 6.07) is 7.05. The van der Waals surface area contributed by atoms with Crippen molar-refractivity contribution in [1.29, 1.82) is 0 Å². The molecule has 1 aromatic carbocycles. The minimum Gasteiger partial charge on any atom is -0.364 e. The molecule has 1 aliphatic rings. The molecule has 1 unspecified atom stereocenters. The van der Waals surface area contributed by atoms with Crippen molar-refractivity contribution in [2.45, 2.75) is 5.37 Å². The summed E-state index contributed by atoms with van der Waals surface area (Å²) >= 11 is 6.81. The van der Waals surface area contributed by atoms with Crippen molar-refractivity contribution in [3.8, 4) is 0 Å². The van der Waals surface area contributed by atoms with Crippen LogP contribution in [0.15, 0.2) is 24.3 Å². The van der Waals surface area contributed by atoms with Crippen molar-refractivity contribution in [2.24, 2.45) is 0 Å². The zero-order valence-electron chi connectivity index (χ0n) is 7.49. The summed E-state index contributed by atoms with van der Waals surface area (Å²) in [6.45, 7) is 0. The quantitative estimate of drug-likeness (QED) is 0.834. The molecule has 1 aromatic rings. The predicted octanol–water partition coefficient (Wildman–Crippen LogP) is 2.06. The maximum absolute atomic E-state index is 11.2. The number of carbonyl (C=O) groups is 2. The number of para-hydroxylation sites is 1. The Morgan fingerprint density at radius 1 is 1.33 bits per heavy atom. The summed E-state index contributed by atoms with van der Waals surface area (Å²) < 4.78 is 0. The number of halogens is 1. The Hall–Kier alpha value is -1.20. The van der Waals surface area contributed by atoms with Crippen molar-refractivity contribution in [3.63, 3.8) is 0 Å². The van der Waals surface area contributed by atoms with E-state index >= 15 is 0 Å². The number of imide groups is 1. The number of rotatable bonds is 2. The van der Waals surface area contributed by atoms with Crippen LogP contribution >= 0.6 is 23.4 Å². The van der Waals surface area contributed by atoms with Gasteiger partial charge < -0.3 is 5.32 Å². The van der Waals surface area contributed by atoms with Gasteiger partial charge in [-0.05, 0) is 23.9 Å². The Kier molecular flexibility index (Phi) is 2.83. The van der Waals surface area contributed by atoms with Crippen LogP contribution in [-0.4, -0.2) is 16.5 Å². The number of hydrogen-bond donors (Lipinski definition) is 2. The summed E-state index contributed by atoms with van der Waals surface area (Å²) in [5.41, 5.74) is 0.640. The number of hydrogen-bond acceptors (Lipinski definition) is 4. The zero-order valence-corrected chi connectivity index (χ0v) is 9.06. The lowest BCUT2D eigenvalue weighted by Crippen LogP contribution is -2.29. The van der Waals surface area contributed by atoms with Crippen molar-refractivity contribution >= 4 is 40.2 Å². The fraction of sp³-hybridized carbons (Fsp3) is 0.111. The normalized spacial score (nSPS) is 20.2. The standard InChI is InChI=1S/C9H7ClN2O2S/c10-5-3-1-2-4-6(5)11-8-7(13)12-9(14)15-8/h1-4,8,11H,(H,12,13,14). The number of nitrogens with one attached hydrogen (secondary N) is 2. The van der Waals surface area contributed by atoms with Crippen molar-refractivity contribution in [2.75, 3.05) is 5.32 Å². The Labute approximate surface area is 95.4 Å². The van der Waals surface area contributed by atoms with E-state index in [1.54, 1.807) is 24.3 Å². The molecular formula is C9H7ClN2O2S. The van der Waals surface area contributed by atoms with Crippen LogP contribution in [0.3, 0.4) is 0 Å². The Bertz CT molecular complexity index is 424. The maximum Gasteiger partial charge on any atom is 0.288 e. The van der Waals surface area contributed by atoms with E-state index in [0.717, 1.165) is 11.8 Å². The van der Waals surface area contributed by atoms with Gasteiger partial charge in [0.25, 0.3) is 11.1 Å². The van der Waals surface area contributed by atoms with Crippen LogP contribution in [-0.2, 0) is 4.79 Å². The first-order valence-electron chi connectivity index (χ1n) is 4.19. The van der Waals surface area contributed by atoms with Gasteiger partial charge >= 0.3 is 0 Å². The molecule has 4 nitrogen and oxygen atoms in total. The van der Waals surface area contributed by atoms with Crippen LogP contribution in [0, 0.1) is 0 Å². The van der Waals surface area contributed by atoms with E-state index in [0.29, 0.717) is 10.7 Å². The van der Waals surface area contributed by atoms with Gasteiger partial charge in [0.2, 0.25) is 0 Å². The topological polar surface area (TPSA) is 58.2 Å². The van der Waals surface area contributed by atoms with Crippen LogP contribution in [0.1, 0.15) is 0 Å². The van der Waals surface area contributed by atoms with Crippen LogP contribution in [0.5, 0.6) is 0 Å². The highest BCUT2D eigenvalue weighted by Crippen LogP contribution is 2.26. The van der Waals surface area contributed by atoms with Gasteiger partial charge in [0.05, 0.1) is 10.7 Å². The van der Waals surface area contributed by atoms with Gasteiger partial charge in [0, 0.05) is 0 Å². The van der Waals surface area contributed by atoms with E-state index < -0.39 is 5.37 Å². The summed E-state index contributed by atoms with van der Waals surface area (Å²) in [6.07, 6.45) is 0. The maximum atomic E-state index is 11.2. The molecule has 15 heavy (non-hydrogen) atoms. The first kappa shape index (κ1) is 10.3. The van der Waals surface area contributed by atoms with E-state index in [1.165, 1.54) is 0 Å². The lowest BCUT2D eigenvalue weighted by atomic mass is 10.3. The van der Waals surface area contributed by atoms with Crippen molar-refractivity contribution in [3.05, 3.63) is 29.3 Å². The second-order valence-corrected chi connectivity index (χ2v) is 4.38. The minimum atomic E-state index is -0.600. The predicted molar refractivity (Wildman–Crippen MR) is 60.0 cm³/mol. The third kappa shape index (κ3) is 2.24. The molecule has 0 aliphatic carbocycles. The van der Waals surface area contributed by atoms with E-state index in [9.17, 15) is 9.59 Å². The Balaban J connectivity index is 2.13. The van der Waals surface area contributed by atoms with Crippen molar-refractivity contribution < 1.29 is 9.59 Å². The lowest BCUT2D eigenvalue weighted by molar-refractivity contribution is -0.118. The highest BCUT2D eigenvalue weighted by molar-refractivity contribution is 8.15. The monoisotopic (exact) mass is 242 g/mol. The average molecular weight is 243 g/mol. The molecule has 1 aliphatic heterocycles. The zero-order chi connectivity index (χ0) is 10.8. The number of amides is 2. The summed E-state index contributed by atoms with van der Waals surface area (Å²) in [5, 5.41) is 4.65. The van der Waals surface area contributed by atoms with E-state index in [-0.39, 0.29) is 11.1 Å².